The summed E-state index contributed by atoms with van der Waals surface area (Å²) in [7, 11) is -10.1. The molecule has 0 heterocycles. The number of halogens is 17. The Bertz CT molecular complexity index is 1010. The lowest BCUT2D eigenvalue weighted by Gasteiger charge is -2.44. The molecule has 6 nitrogen and oxygen atoms in total. The summed E-state index contributed by atoms with van der Waals surface area (Å²) in [5.74, 6) is -52.0. The van der Waals surface area contributed by atoms with E-state index in [1.807, 2.05) is 0 Å². The van der Waals surface area contributed by atoms with E-state index >= 15 is 0 Å². The summed E-state index contributed by atoms with van der Waals surface area (Å²) < 4.78 is 269. The van der Waals surface area contributed by atoms with Crippen molar-refractivity contribution in [1.29, 1.82) is 0 Å². The van der Waals surface area contributed by atoms with Crippen molar-refractivity contribution in [2.75, 3.05) is 27.9 Å². The molecule has 0 aromatic heterocycles. The van der Waals surface area contributed by atoms with Gasteiger partial charge in [0.15, 0.2) is 0 Å². The van der Waals surface area contributed by atoms with E-state index < -0.39 is 88.7 Å². The van der Waals surface area contributed by atoms with Crippen molar-refractivity contribution in [1.82, 2.24) is 4.31 Å². The zero-order valence-corrected chi connectivity index (χ0v) is 22.6. The highest BCUT2D eigenvalue weighted by atomic mass is 32.2. The van der Waals surface area contributed by atoms with Gasteiger partial charge >= 0.3 is 55.8 Å². The molecule has 0 radical (unpaired) electrons. The average Bonchev–Trinajstić information content (AvgIpc) is 2.82. The molecular weight excluding hydrogens is 669 g/mol. The van der Waals surface area contributed by atoms with E-state index in [-0.39, 0.29) is 0 Å². The van der Waals surface area contributed by atoms with Crippen molar-refractivity contribution in [3.8, 4) is 0 Å². The molecule has 1 unspecified atom stereocenters. The van der Waals surface area contributed by atoms with Crippen LogP contribution in [0.2, 0.25) is 0 Å². The number of alkyl halides is 17. The third-order valence-corrected chi connectivity index (χ3v) is 11.1. The Morgan fingerprint density at radius 2 is 0.878 bits per heavy atom. The summed E-state index contributed by atoms with van der Waals surface area (Å²) in [5.41, 5.74) is -2.27. The lowest BCUT2D eigenvalue weighted by Crippen LogP contribution is -2.75. The zero-order valence-electron chi connectivity index (χ0n) is 20.8. The molecule has 0 aromatic carbocycles. The van der Waals surface area contributed by atoms with Crippen LogP contribution in [0.5, 0.6) is 0 Å². The smallest absolute Gasteiger partial charge is 0.376 e. The second-order valence-electron chi connectivity index (χ2n) is 7.81. The van der Waals surface area contributed by atoms with Crippen molar-refractivity contribution < 1.29 is 96.3 Å². The standard InChI is InChI=1S/C16H20F17NO5SSi/c1-6-8(41(37-3,38-4)39-5)34(7-2)40(35,36)16(32,33)14(27,28)12(23,24)10(19,20)9(17,18)11(21,22)13(25,26)15(29,30)31/h8H,6-7H2,1-5H3. The minimum absolute atomic E-state index is 0.565. The van der Waals surface area contributed by atoms with Crippen molar-refractivity contribution in [3.63, 3.8) is 0 Å². The predicted octanol–water partition coefficient (Wildman–Crippen LogP) is 5.80. The molecule has 0 rings (SSSR count). The summed E-state index contributed by atoms with van der Waals surface area (Å²) >= 11 is 0. The van der Waals surface area contributed by atoms with Crippen LogP contribution in [-0.4, -0.2) is 102 Å². The van der Waals surface area contributed by atoms with Gasteiger partial charge in [-0.25, -0.2) is 8.42 Å². The van der Waals surface area contributed by atoms with E-state index in [4.69, 9.17) is 13.3 Å². The number of hydrogen-bond acceptors (Lipinski definition) is 5. The van der Waals surface area contributed by atoms with Crippen molar-refractivity contribution in [2.45, 2.75) is 72.9 Å². The van der Waals surface area contributed by atoms with Gasteiger partial charge in [0.25, 0.3) is 10.0 Å². The van der Waals surface area contributed by atoms with Crippen LogP contribution in [-0.2, 0) is 23.3 Å². The Hall–Kier alpha value is -1.18. The highest BCUT2D eigenvalue weighted by Gasteiger charge is 2.96. The predicted molar refractivity (Wildman–Crippen MR) is 103 cm³/mol. The normalized spacial score (nSPS) is 16.9. The number of rotatable bonds is 15. The van der Waals surface area contributed by atoms with Crippen LogP contribution < -0.4 is 0 Å². The first kappa shape index (κ1) is 39.8. The first-order valence-corrected chi connectivity index (χ1v) is 13.4. The molecule has 0 N–H and O–H groups in total. The molecule has 1 atom stereocenters. The van der Waals surface area contributed by atoms with Crippen LogP contribution in [0, 0.1) is 0 Å². The zero-order chi connectivity index (χ0) is 33.7. The Labute approximate surface area is 221 Å². The molecule has 248 valence electrons. The molecule has 0 saturated carbocycles. The maximum absolute atomic E-state index is 14.7. The van der Waals surface area contributed by atoms with E-state index in [9.17, 15) is 83.1 Å². The average molecular weight is 689 g/mol. The lowest BCUT2D eigenvalue weighted by molar-refractivity contribution is -0.458. The molecular formula is C16H20F17NO5SSi. The van der Waals surface area contributed by atoms with Gasteiger partial charge in [-0.05, 0) is 6.42 Å². The first-order chi connectivity index (χ1) is 17.8. The third kappa shape index (κ3) is 5.28. The minimum atomic E-state index is -8.91. The van der Waals surface area contributed by atoms with Gasteiger partial charge in [-0.15, -0.1) is 0 Å². The van der Waals surface area contributed by atoms with Gasteiger partial charge < -0.3 is 13.3 Å². The first-order valence-electron chi connectivity index (χ1n) is 10.2. The molecule has 0 amide bonds. The summed E-state index contributed by atoms with van der Waals surface area (Å²) in [6.45, 7) is 0.0464. The second-order valence-corrected chi connectivity index (χ2v) is 12.8. The number of nitrogens with zero attached hydrogens (tertiary/aromatic N) is 1. The van der Waals surface area contributed by atoms with Gasteiger partial charge in [-0.1, -0.05) is 13.8 Å². The van der Waals surface area contributed by atoms with Gasteiger partial charge in [-0.2, -0.15) is 78.9 Å². The fourth-order valence-electron chi connectivity index (χ4n) is 3.30. The molecule has 0 spiro atoms. The largest absolute Gasteiger partial charge is 0.519 e. The fraction of sp³-hybridized carbons (Fsp3) is 1.00. The minimum Gasteiger partial charge on any atom is -0.376 e. The molecule has 25 heteroatoms. The van der Waals surface area contributed by atoms with Gasteiger partial charge in [0.05, 0.1) is 5.67 Å². The highest BCUT2D eigenvalue weighted by molar-refractivity contribution is 7.90. The number of hydrogen-bond donors (Lipinski definition) is 0. The van der Waals surface area contributed by atoms with E-state index in [2.05, 4.69) is 0 Å². The van der Waals surface area contributed by atoms with E-state index in [0.717, 1.165) is 6.92 Å². The van der Waals surface area contributed by atoms with Gasteiger partial charge in [0.2, 0.25) is 0 Å². The molecule has 0 saturated heterocycles. The van der Waals surface area contributed by atoms with E-state index in [1.165, 1.54) is 0 Å². The second kappa shape index (κ2) is 11.4. The molecule has 0 fully saturated rings. The van der Waals surface area contributed by atoms with Gasteiger partial charge in [-0.3, -0.25) is 0 Å². The van der Waals surface area contributed by atoms with Gasteiger partial charge in [0, 0.05) is 27.9 Å². The molecule has 41 heavy (non-hydrogen) atoms. The van der Waals surface area contributed by atoms with Crippen LogP contribution in [0.25, 0.3) is 0 Å². The molecule has 0 aromatic rings. The SMILES string of the molecule is CCC(N(CC)S(=O)(=O)C(F)(F)C(F)(F)C(F)(F)C(F)(F)C(F)(F)C(F)(F)C(F)(F)C(F)(F)F)[Si](OC)(OC)OC. The van der Waals surface area contributed by atoms with Crippen LogP contribution in [0.4, 0.5) is 74.6 Å². The third-order valence-electron chi connectivity index (χ3n) is 5.63. The summed E-state index contributed by atoms with van der Waals surface area (Å²) in [4.78, 5) is 0. The summed E-state index contributed by atoms with van der Waals surface area (Å²) in [6.07, 6.45) is -8.71. The summed E-state index contributed by atoms with van der Waals surface area (Å²) in [5, 5.41) is -7.69. The Kier molecular flexibility index (Phi) is 11.1. The van der Waals surface area contributed by atoms with Crippen molar-refractivity contribution in [2.24, 2.45) is 0 Å². The van der Waals surface area contributed by atoms with Crippen LogP contribution in [0.1, 0.15) is 20.3 Å². The topological polar surface area (TPSA) is 65.1 Å². The molecule has 0 bridgehead atoms. The van der Waals surface area contributed by atoms with Crippen LogP contribution in [0.3, 0.4) is 0 Å². The maximum atomic E-state index is 14.7. The maximum Gasteiger partial charge on any atom is 0.519 e. The molecule has 0 aliphatic rings. The molecule has 0 aliphatic heterocycles. The Morgan fingerprint density at radius 3 is 1.12 bits per heavy atom. The van der Waals surface area contributed by atoms with E-state index in [0.29, 0.717) is 28.3 Å². The van der Waals surface area contributed by atoms with Crippen LogP contribution in [0.15, 0.2) is 0 Å². The monoisotopic (exact) mass is 689 g/mol. The van der Waals surface area contributed by atoms with Gasteiger partial charge in [0.1, 0.15) is 0 Å². The summed E-state index contributed by atoms with van der Waals surface area (Å²) in [6, 6.07) is 0. The highest BCUT2D eigenvalue weighted by Crippen LogP contribution is 2.64. The van der Waals surface area contributed by atoms with Crippen molar-refractivity contribution in [3.05, 3.63) is 0 Å². The quantitative estimate of drug-likeness (QED) is 0.161. The van der Waals surface area contributed by atoms with E-state index in [1.54, 1.807) is 0 Å². The fourth-order valence-corrected chi connectivity index (χ4v) is 8.03. The number of sulfonamides is 1. The van der Waals surface area contributed by atoms with Crippen LogP contribution >= 0.6 is 0 Å². The van der Waals surface area contributed by atoms with Crippen molar-refractivity contribution >= 4 is 18.8 Å². The lowest BCUT2D eigenvalue weighted by atomic mass is 9.91. The molecule has 0 aliphatic carbocycles. The Morgan fingerprint density at radius 1 is 0.585 bits per heavy atom. The Balaban J connectivity index is 7.34.